The highest BCUT2D eigenvalue weighted by Crippen LogP contribution is 2.14. The minimum atomic E-state index is -3.63. The monoisotopic (exact) mass is 297 g/mol. The highest BCUT2D eigenvalue weighted by atomic mass is 32.2. The van der Waals surface area contributed by atoms with Crippen molar-refractivity contribution in [1.82, 2.24) is 4.90 Å². The lowest BCUT2D eigenvalue weighted by Crippen LogP contribution is -2.47. The van der Waals surface area contributed by atoms with E-state index in [2.05, 4.69) is 0 Å². The van der Waals surface area contributed by atoms with Gasteiger partial charge in [0.2, 0.25) is 5.91 Å². The van der Waals surface area contributed by atoms with Gasteiger partial charge in [0.25, 0.3) is 0 Å². The van der Waals surface area contributed by atoms with Crippen molar-refractivity contribution in [3.8, 4) is 0 Å². The third-order valence-corrected chi connectivity index (χ3v) is 4.51. The molecule has 1 rings (SSSR count). The Morgan fingerprint density at radius 3 is 2.35 bits per heavy atom. The molecule has 0 heterocycles. The summed E-state index contributed by atoms with van der Waals surface area (Å²) in [5.74, 6) is -0.483. The van der Waals surface area contributed by atoms with Crippen LogP contribution >= 0.6 is 0 Å². The number of sulfone groups is 1. The number of aliphatic hydroxyl groups excluding tert-OH is 1. The summed E-state index contributed by atoms with van der Waals surface area (Å²) in [4.78, 5) is 13.3. The molecule has 0 saturated heterocycles. The number of hydrogen-bond acceptors (Lipinski definition) is 4. The average molecular weight is 297 g/mol. The van der Waals surface area contributed by atoms with Crippen molar-refractivity contribution in [3.63, 3.8) is 0 Å². The molecule has 0 bridgehead atoms. The topological polar surface area (TPSA) is 74.7 Å². The van der Waals surface area contributed by atoms with E-state index >= 15 is 0 Å². The van der Waals surface area contributed by atoms with E-state index in [4.69, 9.17) is 0 Å². The van der Waals surface area contributed by atoms with Crippen molar-refractivity contribution in [2.75, 3.05) is 13.7 Å². The van der Waals surface area contributed by atoms with Gasteiger partial charge in [0.1, 0.15) is 0 Å². The minimum absolute atomic E-state index is 0.133. The molecule has 0 spiro atoms. The first kappa shape index (κ1) is 16.4. The maximum atomic E-state index is 12.0. The molecule has 0 saturated carbocycles. The third kappa shape index (κ3) is 3.91. The van der Waals surface area contributed by atoms with E-state index in [9.17, 15) is 18.3 Å². The van der Waals surface area contributed by atoms with Gasteiger partial charge < -0.3 is 10.0 Å². The predicted molar refractivity (Wildman–Crippen MR) is 76.7 cm³/mol. The minimum Gasteiger partial charge on any atom is -0.394 e. The van der Waals surface area contributed by atoms with E-state index in [1.165, 1.54) is 24.1 Å². The molecule has 110 valence electrons. The Bertz CT molecular complexity index is 591. The maximum Gasteiger partial charge on any atom is 0.247 e. The standard InChI is InChI=1S/C14H19NO4S/c1-14(2,11-16)15(3)13(17)9-10-20(18,19)12-7-5-4-6-8-12/h4-10,16H,11H2,1-3H3/b10-9+. The van der Waals surface area contributed by atoms with E-state index in [0.29, 0.717) is 0 Å². The van der Waals surface area contributed by atoms with Crippen LogP contribution in [0.4, 0.5) is 0 Å². The van der Waals surface area contributed by atoms with E-state index in [0.717, 1.165) is 11.5 Å². The molecule has 6 heteroatoms. The van der Waals surface area contributed by atoms with Gasteiger partial charge in [-0.2, -0.15) is 0 Å². The van der Waals surface area contributed by atoms with Crippen LogP contribution in [-0.2, 0) is 14.6 Å². The van der Waals surface area contributed by atoms with Crippen molar-refractivity contribution in [2.45, 2.75) is 24.3 Å². The predicted octanol–water partition coefficient (Wildman–Crippen LogP) is 1.20. The number of amides is 1. The van der Waals surface area contributed by atoms with Crippen LogP contribution in [-0.4, -0.2) is 43.5 Å². The zero-order valence-electron chi connectivity index (χ0n) is 11.8. The SMILES string of the molecule is CN(C(=O)/C=C/S(=O)(=O)c1ccccc1)C(C)(C)CO. The van der Waals surface area contributed by atoms with Gasteiger partial charge in [0.15, 0.2) is 9.84 Å². The van der Waals surface area contributed by atoms with E-state index in [1.54, 1.807) is 32.0 Å². The lowest BCUT2D eigenvalue weighted by molar-refractivity contribution is -0.130. The van der Waals surface area contributed by atoms with Crippen LogP contribution in [0.3, 0.4) is 0 Å². The van der Waals surface area contributed by atoms with E-state index < -0.39 is 21.3 Å². The Labute approximate surface area is 119 Å². The first-order chi connectivity index (χ1) is 9.20. The molecule has 0 aromatic heterocycles. The number of carbonyl (C=O) groups excluding carboxylic acids is 1. The second kappa shape index (κ2) is 6.19. The van der Waals surface area contributed by atoms with Crippen LogP contribution in [0.25, 0.3) is 0 Å². The highest BCUT2D eigenvalue weighted by molar-refractivity contribution is 7.94. The fourth-order valence-electron chi connectivity index (χ4n) is 1.35. The highest BCUT2D eigenvalue weighted by Gasteiger charge is 2.25. The number of benzene rings is 1. The number of carbonyl (C=O) groups is 1. The first-order valence-corrected chi connectivity index (χ1v) is 7.62. The summed E-state index contributed by atoms with van der Waals surface area (Å²) in [5.41, 5.74) is -0.752. The van der Waals surface area contributed by atoms with Gasteiger partial charge in [-0.1, -0.05) is 18.2 Å². The van der Waals surface area contributed by atoms with E-state index in [1.807, 2.05) is 0 Å². The molecule has 0 aliphatic carbocycles. The van der Waals surface area contributed by atoms with E-state index in [-0.39, 0.29) is 11.5 Å². The smallest absolute Gasteiger partial charge is 0.247 e. The summed E-state index contributed by atoms with van der Waals surface area (Å²) >= 11 is 0. The van der Waals surface area contributed by atoms with Crippen molar-refractivity contribution in [2.24, 2.45) is 0 Å². The van der Waals surface area contributed by atoms with Crippen LogP contribution in [0.1, 0.15) is 13.8 Å². The lowest BCUT2D eigenvalue weighted by Gasteiger charge is -2.33. The summed E-state index contributed by atoms with van der Waals surface area (Å²) < 4.78 is 23.9. The molecule has 0 radical (unpaired) electrons. The number of hydrogen-bond donors (Lipinski definition) is 1. The number of rotatable bonds is 5. The molecule has 0 unspecified atom stereocenters. The number of likely N-dealkylation sites (N-methyl/N-ethyl adjacent to an activating group) is 1. The van der Waals surface area contributed by atoms with Crippen LogP contribution in [0.5, 0.6) is 0 Å². The van der Waals surface area contributed by atoms with Gasteiger partial charge in [-0.25, -0.2) is 8.42 Å². The van der Waals surface area contributed by atoms with Gasteiger partial charge in [-0.15, -0.1) is 0 Å². The Morgan fingerprint density at radius 2 is 1.85 bits per heavy atom. The summed E-state index contributed by atoms with van der Waals surface area (Å²) in [6, 6.07) is 7.87. The summed E-state index contributed by atoms with van der Waals surface area (Å²) in [7, 11) is -2.12. The molecular formula is C14H19NO4S. The van der Waals surface area contributed by atoms with Crippen molar-refractivity contribution in [3.05, 3.63) is 41.8 Å². The van der Waals surface area contributed by atoms with Gasteiger partial charge in [-0.05, 0) is 26.0 Å². The Kier molecular flexibility index (Phi) is 5.08. The van der Waals surface area contributed by atoms with Gasteiger partial charge in [0, 0.05) is 18.5 Å². The maximum absolute atomic E-state index is 12.0. The Morgan fingerprint density at radius 1 is 1.30 bits per heavy atom. The Hall–Kier alpha value is -1.66. The summed E-state index contributed by atoms with van der Waals surface area (Å²) in [6.07, 6.45) is 1.000. The molecule has 20 heavy (non-hydrogen) atoms. The summed E-state index contributed by atoms with van der Waals surface area (Å²) in [6.45, 7) is 3.16. The molecule has 0 aliphatic rings. The van der Waals surface area contributed by atoms with Gasteiger partial charge >= 0.3 is 0 Å². The molecule has 5 nitrogen and oxygen atoms in total. The average Bonchev–Trinajstić information content (AvgIpc) is 2.45. The number of aliphatic hydroxyl groups is 1. The largest absolute Gasteiger partial charge is 0.394 e. The van der Waals surface area contributed by atoms with Crippen molar-refractivity contribution >= 4 is 15.7 Å². The molecule has 1 aromatic carbocycles. The fraction of sp³-hybridized carbons (Fsp3) is 0.357. The molecule has 1 aromatic rings. The van der Waals surface area contributed by atoms with Crippen LogP contribution in [0.15, 0.2) is 46.7 Å². The van der Waals surface area contributed by atoms with Gasteiger partial charge in [0.05, 0.1) is 17.0 Å². The molecule has 1 N–H and O–H groups in total. The first-order valence-electron chi connectivity index (χ1n) is 6.07. The molecule has 0 aliphatic heterocycles. The quantitative estimate of drug-likeness (QED) is 0.829. The van der Waals surface area contributed by atoms with Crippen LogP contribution < -0.4 is 0 Å². The molecular weight excluding hydrogens is 278 g/mol. The number of nitrogens with zero attached hydrogens (tertiary/aromatic N) is 1. The zero-order valence-corrected chi connectivity index (χ0v) is 12.6. The Balaban J connectivity index is 2.91. The van der Waals surface area contributed by atoms with Crippen LogP contribution in [0, 0.1) is 0 Å². The molecule has 1 amide bonds. The summed E-state index contributed by atoms with van der Waals surface area (Å²) in [5, 5.41) is 10.1. The van der Waals surface area contributed by atoms with Crippen LogP contribution in [0.2, 0.25) is 0 Å². The van der Waals surface area contributed by atoms with Crippen molar-refractivity contribution < 1.29 is 18.3 Å². The zero-order chi connectivity index (χ0) is 15.4. The third-order valence-electron chi connectivity index (χ3n) is 3.09. The normalized spacial score (nSPS) is 12.6. The fourth-order valence-corrected chi connectivity index (χ4v) is 2.34. The van der Waals surface area contributed by atoms with Gasteiger partial charge in [-0.3, -0.25) is 4.79 Å². The lowest BCUT2D eigenvalue weighted by atomic mass is 10.1. The second-order valence-electron chi connectivity index (χ2n) is 5.03. The van der Waals surface area contributed by atoms with Crippen molar-refractivity contribution in [1.29, 1.82) is 0 Å². The molecule has 0 fully saturated rings. The second-order valence-corrected chi connectivity index (χ2v) is 6.86. The molecule has 0 atom stereocenters.